The van der Waals surface area contributed by atoms with Crippen LogP contribution in [-0.2, 0) is 9.47 Å². The van der Waals surface area contributed by atoms with Gasteiger partial charge in [-0.1, -0.05) is 0 Å². The number of H-pyrrole nitrogens is 1. The number of rotatable bonds is 2. The minimum Gasteiger partial charge on any atom is -0.393 e. The zero-order valence-electron chi connectivity index (χ0n) is 10.3. The molecule has 104 valence electrons. The summed E-state index contributed by atoms with van der Waals surface area (Å²) in [5.74, 6) is 0. The lowest BCUT2D eigenvalue weighted by Crippen LogP contribution is -2.48. The third-order valence-corrected chi connectivity index (χ3v) is 3.81. The highest BCUT2D eigenvalue weighted by Crippen LogP contribution is 2.42. The van der Waals surface area contributed by atoms with Crippen molar-refractivity contribution in [3.63, 3.8) is 0 Å². The zero-order valence-corrected chi connectivity index (χ0v) is 10.3. The molecule has 0 amide bonds. The van der Waals surface area contributed by atoms with Crippen LogP contribution in [0.25, 0.3) is 0 Å². The Kier molecular flexibility index (Phi) is 2.65. The summed E-state index contributed by atoms with van der Waals surface area (Å²) in [5.41, 5.74) is 4.37. The fourth-order valence-corrected chi connectivity index (χ4v) is 2.59. The van der Waals surface area contributed by atoms with E-state index in [-0.39, 0.29) is 13.2 Å². The molecule has 0 aliphatic carbocycles. The molecular weight excluding hydrogens is 254 g/mol. The number of nitrogens with one attached hydrogen (secondary N) is 1. The van der Waals surface area contributed by atoms with Crippen molar-refractivity contribution in [2.24, 2.45) is 5.73 Å². The van der Waals surface area contributed by atoms with Crippen LogP contribution in [0.2, 0.25) is 0 Å². The number of aliphatic hydroxyl groups excluding tert-OH is 1. The highest BCUT2D eigenvalue weighted by molar-refractivity contribution is 5.11. The maximum Gasteiger partial charge on any atom is 0.330 e. The Morgan fingerprint density at radius 1 is 1.63 bits per heavy atom. The first-order valence-corrected chi connectivity index (χ1v) is 5.96. The number of aryl methyl sites for hydroxylation is 1. The van der Waals surface area contributed by atoms with Crippen molar-refractivity contribution in [2.45, 2.75) is 30.9 Å². The number of nitrogens with two attached hydrogens (primary N) is 1. The molecule has 2 saturated heterocycles. The molecule has 3 heterocycles. The molecule has 8 nitrogen and oxygen atoms in total. The van der Waals surface area contributed by atoms with Crippen LogP contribution in [0.4, 0.5) is 0 Å². The first-order valence-electron chi connectivity index (χ1n) is 5.96. The summed E-state index contributed by atoms with van der Waals surface area (Å²) in [6.45, 7) is 1.51. The van der Waals surface area contributed by atoms with Crippen molar-refractivity contribution in [1.82, 2.24) is 9.55 Å². The number of fused-ring (bicyclic) bond motifs is 2. The molecule has 19 heavy (non-hydrogen) atoms. The molecule has 0 spiro atoms. The molecule has 1 unspecified atom stereocenters. The zero-order chi connectivity index (χ0) is 13.8. The van der Waals surface area contributed by atoms with Gasteiger partial charge in [0.25, 0.3) is 5.56 Å². The fourth-order valence-electron chi connectivity index (χ4n) is 2.59. The summed E-state index contributed by atoms with van der Waals surface area (Å²) in [5, 5.41) is 9.42. The van der Waals surface area contributed by atoms with Gasteiger partial charge in [0.2, 0.25) is 0 Å². The van der Waals surface area contributed by atoms with Crippen LogP contribution in [-0.4, -0.2) is 45.6 Å². The number of hydrogen-bond acceptors (Lipinski definition) is 6. The van der Waals surface area contributed by atoms with E-state index in [0.29, 0.717) is 5.56 Å². The second-order valence-electron chi connectivity index (χ2n) is 5.01. The number of aromatic nitrogens is 2. The normalized spacial score (nSPS) is 36.9. The number of aromatic amines is 1. The van der Waals surface area contributed by atoms with E-state index in [2.05, 4.69) is 4.98 Å². The Bertz CT molecular complexity index is 623. The molecule has 8 heteroatoms. The Morgan fingerprint density at radius 3 is 3.00 bits per heavy atom. The van der Waals surface area contributed by atoms with Gasteiger partial charge in [-0.05, 0) is 6.92 Å². The molecule has 4 N–H and O–H groups in total. The molecule has 0 saturated carbocycles. The summed E-state index contributed by atoms with van der Waals surface area (Å²) in [4.78, 5) is 25.4. The highest BCUT2D eigenvalue weighted by atomic mass is 16.6. The van der Waals surface area contributed by atoms with E-state index in [0.717, 1.165) is 0 Å². The van der Waals surface area contributed by atoms with Crippen LogP contribution in [0.5, 0.6) is 0 Å². The van der Waals surface area contributed by atoms with Crippen LogP contribution in [0.15, 0.2) is 15.8 Å². The van der Waals surface area contributed by atoms with Gasteiger partial charge in [0, 0.05) is 11.8 Å². The van der Waals surface area contributed by atoms with Gasteiger partial charge in [-0.25, -0.2) is 4.79 Å². The minimum atomic E-state index is -0.973. The second-order valence-corrected chi connectivity index (χ2v) is 5.01. The maximum atomic E-state index is 11.8. The average Bonchev–Trinajstić information content (AvgIpc) is 2.85. The van der Waals surface area contributed by atoms with E-state index >= 15 is 0 Å². The largest absolute Gasteiger partial charge is 0.393 e. The van der Waals surface area contributed by atoms with E-state index in [4.69, 9.17) is 15.2 Å². The first kappa shape index (κ1) is 12.5. The Morgan fingerprint density at radius 2 is 2.37 bits per heavy atom. The maximum absolute atomic E-state index is 11.8. The lowest BCUT2D eigenvalue weighted by Gasteiger charge is -2.29. The first-order chi connectivity index (χ1) is 8.98. The Labute approximate surface area is 107 Å². The molecule has 2 bridgehead atoms. The van der Waals surface area contributed by atoms with Crippen LogP contribution in [0, 0.1) is 6.92 Å². The smallest absolute Gasteiger partial charge is 0.330 e. The van der Waals surface area contributed by atoms with Gasteiger partial charge in [0.05, 0.1) is 19.3 Å². The molecule has 2 fully saturated rings. The number of hydrogen-bond donors (Lipinski definition) is 3. The van der Waals surface area contributed by atoms with E-state index < -0.39 is 35.2 Å². The Balaban J connectivity index is 2.04. The summed E-state index contributed by atoms with van der Waals surface area (Å²) >= 11 is 0. The van der Waals surface area contributed by atoms with Gasteiger partial charge in [0.1, 0.15) is 11.7 Å². The lowest BCUT2D eigenvalue weighted by molar-refractivity contribution is -0.185. The van der Waals surface area contributed by atoms with Crippen LogP contribution < -0.4 is 17.0 Å². The van der Waals surface area contributed by atoms with Crippen LogP contribution >= 0.6 is 0 Å². The van der Waals surface area contributed by atoms with Crippen molar-refractivity contribution < 1.29 is 14.6 Å². The van der Waals surface area contributed by atoms with E-state index in [9.17, 15) is 14.7 Å². The summed E-state index contributed by atoms with van der Waals surface area (Å²) < 4.78 is 12.4. The van der Waals surface area contributed by atoms with Gasteiger partial charge < -0.3 is 20.3 Å². The van der Waals surface area contributed by atoms with Crippen molar-refractivity contribution in [2.75, 3.05) is 13.2 Å². The summed E-state index contributed by atoms with van der Waals surface area (Å²) in [6, 6.07) is -0.512. The molecule has 2 aliphatic rings. The number of ether oxygens (including phenoxy) is 2. The molecule has 2 aliphatic heterocycles. The van der Waals surface area contributed by atoms with Crippen LogP contribution in [0.1, 0.15) is 11.8 Å². The van der Waals surface area contributed by atoms with Gasteiger partial charge in [0.15, 0.2) is 6.23 Å². The standard InChI is InChI=1S/C11H15N3O5/c1-5-2-14(10(17)13-8(5)16)9-6-7(12)11(3-15,19-9)4-18-6/h2,6-7,9,15H,3-4,12H2,1H3,(H,13,16,17)/t6?,7-,9+,11+/m0/s1. The number of nitrogens with zero attached hydrogens (tertiary/aromatic N) is 1. The molecule has 0 radical (unpaired) electrons. The molecule has 3 rings (SSSR count). The SMILES string of the molecule is Cc1cn([C@@H]2O[C@]3(CO)COC2[C@@H]3N)c(=O)[nH]c1=O. The van der Waals surface area contributed by atoms with Gasteiger partial charge >= 0.3 is 5.69 Å². The van der Waals surface area contributed by atoms with E-state index in [1.807, 2.05) is 0 Å². The summed E-state index contributed by atoms with van der Waals surface area (Å²) in [6.07, 6.45) is 0.155. The quantitative estimate of drug-likeness (QED) is 0.562. The molecule has 0 aromatic carbocycles. The van der Waals surface area contributed by atoms with Gasteiger partial charge in [-0.2, -0.15) is 0 Å². The summed E-state index contributed by atoms with van der Waals surface area (Å²) in [7, 11) is 0. The van der Waals surface area contributed by atoms with Gasteiger partial charge in [-0.15, -0.1) is 0 Å². The average molecular weight is 269 g/mol. The molecular formula is C11H15N3O5. The minimum absolute atomic E-state index is 0.197. The predicted octanol–water partition coefficient (Wildman–Crippen LogP) is -2.17. The predicted molar refractivity (Wildman–Crippen MR) is 63.7 cm³/mol. The third-order valence-electron chi connectivity index (χ3n) is 3.81. The second kappa shape index (κ2) is 4.01. The third kappa shape index (κ3) is 1.61. The molecule has 1 aromatic heterocycles. The van der Waals surface area contributed by atoms with Crippen molar-refractivity contribution in [3.8, 4) is 0 Å². The van der Waals surface area contributed by atoms with Gasteiger partial charge in [-0.3, -0.25) is 14.3 Å². The highest BCUT2D eigenvalue weighted by Gasteiger charge is 2.60. The van der Waals surface area contributed by atoms with Crippen molar-refractivity contribution >= 4 is 0 Å². The number of aliphatic hydroxyl groups is 1. The topological polar surface area (TPSA) is 120 Å². The van der Waals surface area contributed by atoms with E-state index in [1.165, 1.54) is 10.8 Å². The Hall–Kier alpha value is -1.48. The van der Waals surface area contributed by atoms with Crippen LogP contribution in [0.3, 0.4) is 0 Å². The molecule has 4 atom stereocenters. The van der Waals surface area contributed by atoms with Crippen molar-refractivity contribution in [3.05, 3.63) is 32.6 Å². The molecule has 1 aromatic rings. The van der Waals surface area contributed by atoms with Crippen molar-refractivity contribution in [1.29, 1.82) is 0 Å². The lowest BCUT2D eigenvalue weighted by atomic mass is 9.98. The van der Waals surface area contributed by atoms with E-state index in [1.54, 1.807) is 6.92 Å². The fraction of sp³-hybridized carbons (Fsp3) is 0.636. The monoisotopic (exact) mass is 269 g/mol.